The van der Waals surface area contributed by atoms with Crippen LogP contribution in [-0.4, -0.2) is 45.5 Å². The second-order valence-corrected chi connectivity index (χ2v) is 0. The van der Waals surface area contributed by atoms with Crippen molar-refractivity contribution in [3.8, 4) is 0 Å². The molecular formula is AgO2SbSn. The van der Waals surface area contributed by atoms with Gasteiger partial charge in [-0.05, 0) is 0 Å². The quantitative estimate of drug-likeness (QED) is 0.506. The van der Waals surface area contributed by atoms with E-state index < -0.39 is 0 Å². The van der Waals surface area contributed by atoms with Crippen molar-refractivity contribution < 1.29 is 28.5 Å². The molecule has 5 heteroatoms. The minimum atomic E-state index is 0. The van der Waals surface area contributed by atoms with Gasteiger partial charge in [-0.2, -0.15) is 0 Å². The van der Waals surface area contributed by atoms with E-state index in [-0.39, 0.29) is 22.4 Å². The summed E-state index contributed by atoms with van der Waals surface area (Å²) in [5.41, 5.74) is 0. The fourth-order valence-electron chi connectivity index (χ4n) is 0. The van der Waals surface area contributed by atoms with Crippen LogP contribution in [0.2, 0.25) is 0 Å². The average molecular weight is 380 g/mol. The van der Waals surface area contributed by atoms with Gasteiger partial charge in [0.25, 0.3) is 0 Å². The number of hydrogen-bond acceptors (Lipinski definition) is 2. The molecule has 5 heavy (non-hydrogen) atoms. The molecule has 0 aliphatic carbocycles. The zero-order valence-electron chi connectivity index (χ0n) is 2.07. The monoisotopic (exact) mass is 380 g/mol. The van der Waals surface area contributed by atoms with Gasteiger partial charge in [-0.25, -0.2) is 0 Å². The summed E-state index contributed by atoms with van der Waals surface area (Å²) in [6.07, 6.45) is 0. The number of hydrogen-bond donors (Lipinski definition) is 0. The summed E-state index contributed by atoms with van der Waals surface area (Å²) < 4.78 is 16.6. The summed E-state index contributed by atoms with van der Waals surface area (Å²) in [4.78, 5) is 0. The molecule has 0 saturated carbocycles. The van der Waals surface area contributed by atoms with Crippen LogP contribution in [0, 0.1) is 0 Å². The fraction of sp³-hybridized carbons (Fsp3) is 0. The molecule has 0 fully saturated rings. The van der Waals surface area contributed by atoms with E-state index in [0.717, 1.165) is 0 Å². The third-order valence-electron chi connectivity index (χ3n) is 0. The second kappa shape index (κ2) is 38.2. The summed E-state index contributed by atoms with van der Waals surface area (Å²) in [6, 6.07) is 0. The molecule has 0 aromatic rings. The Balaban J connectivity index is -0.0000000133. The van der Waals surface area contributed by atoms with Crippen molar-refractivity contribution in [3.05, 3.63) is 0 Å². The van der Waals surface area contributed by atoms with Gasteiger partial charge in [-0.1, -0.05) is 0 Å². The summed E-state index contributed by atoms with van der Waals surface area (Å²) in [5.74, 6) is 0. The van der Waals surface area contributed by atoms with E-state index in [9.17, 15) is 0 Å². The van der Waals surface area contributed by atoms with Gasteiger partial charge in [0.2, 0.25) is 0 Å². The molecule has 0 heterocycles. The molecule has 0 aromatic heterocycles. The van der Waals surface area contributed by atoms with Gasteiger partial charge in [-0.15, -0.1) is 0 Å². The van der Waals surface area contributed by atoms with E-state index in [2.05, 4.69) is 0 Å². The maximum absolute atomic E-state index is 8.34. The van der Waals surface area contributed by atoms with Crippen LogP contribution in [0.3, 0.4) is 0 Å². The van der Waals surface area contributed by atoms with Crippen LogP contribution in [-0.2, 0) is 28.5 Å². The third-order valence-corrected chi connectivity index (χ3v) is 0. The van der Waals surface area contributed by atoms with Crippen LogP contribution in [0.25, 0.3) is 0 Å². The van der Waals surface area contributed by atoms with Crippen molar-refractivity contribution in [2.45, 2.75) is 0 Å². The third kappa shape index (κ3) is 24.4. The summed E-state index contributed by atoms with van der Waals surface area (Å²) in [7, 11) is 0. The van der Waals surface area contributed by atoms with Crippen LogP contribution in [0.5, 0.6) is 0 Å². The van der Waals surface area contributed by atoms with Crippen molar-refractivity contribution in [1.82, 2.24) is 0 Å². The first-order valence-corrected chi connectivity index (χ1v) is 2.59. The first-order chi connectivity index (χ1) is 2.00. The zero-order valence-corrected chi connectivity index (χ0v) is 8.95. The molecular weight excluding hydrogens is 380 g/mol. The SMILES string of the molecule is [Ag].[O]=[Sb].[O]=[Sn]. The van der Waals surface area contributed by atoms with Gasteiger partial charge in [-0.3, -0.25) is 0 Å². The molecule has 0 spiro atoms. The van der Waals surface area contributed by atoms with Crippen molar-refractivity contribution in [2.24, 2.45) is 0 Å². The second-order valence-electron chi connectivity index (χ2n) is 0. The molecule has 2 nitrogen and oxygen atoms in total. The summed E-state index contributed by atoms with van der Waals surface area (Å²) in [6.45, 7) is 0. The molecule has 0 atom stereocenters. The predicted molar refractivity (Wildman–Crippen MR) is 12.9 cm³/mol. The summed E-state index contributed by atoms with van der Waals surface area (Å²) in [5, 5.41) is 0. The van der Waals surface area contributed by atoms with Crippen molar-refractivity contribution in [2.75, 3.05) is 0 Å². The van der Waals surface area contributed by atoms with Gasteiger partial charge in [0, 0.05) is 22.4 Å². The molecule has 0 aliphatic rings. The molecule has 0 N–H and O–H groups in total. The van der Waals surface area contributed by atoms with Crippen LogP contribution >= 0.6 is 0 Å². The summed E-state index contributed by atoms with van der Waals surface area (Å²) >= 11 is 0.800. The molecule has 0 amide bonds. The Kier molecular flexibility index (Phi) is 121. The Morgan fingerprint density at radius 1 is 1.20 bits per heavy atom. The van der Waals surface area contributed by atoms with Crippen molar-refractivity contribution in [1.29, 1.82) is 0 Å². The maximum atomic E-state index is 8.34. The van der Waals surface area contributed by atoms with E-state index >= 15 is 0 Å². The van der Waals surface area contributed by atoms with E-state index in [1.165, 1.54) is 0 Å². The Morgan fingerprint density at radius 3 is 1.20 bits per heavy atom. The molecule has 4 radical (unpaired) electrons. The van der Waals surface area contributed by atoms with Gasteiger partial charge in [0.1, 0.15) is 0 Å². The standard InChI is InChI=1S/Ag.2O.Sb.Sn. The average Bonchev–Trinajstić information content (AvgIpc) is 1.50. The molecule has 0 saturated heterocycles. The van der Waals surface area contributed by atoms with Crippen LogP contribution in [0.1, 0.15) is 0 Å². The van der Waals surface area contributed by atoms with Gasteiger partial charge in [0.15, 0.2) is 0 Å². The van der Waals surface area contributed by atoms with E-state index in [4.69, 9.17) is 6.09 Å². The van der Waals surface area contributed by atoms with E-state index in [1.54, 1.807) is 0 Å². The Bertz CT molecular complexity index is 11.6. The van der Waals surface area contributed by atoms with E-state index in [1.807, 2.05) is 0 Å². The van der Waals surface area contributed by atoms with Gasteiger partial charge in [0.05, 0.1) is 0 Å². The Morgan fingerprint density at radius 2 is 1.20 bits per heavy atom. The fourth-order valence-corrected chi connectivity index (χ4v) is 0. The molecule has 0 aromatic carbocycles. The van der Waals surface area contributed by atoms with Crippen LogP contribution in [0.4, 0.5) is 0 Å². The zero-order chi connectivity index (χ0) is 4.00. The first-order valence-electron chi connectivity index (χ1n) is 0.387. The van der Waals surface area contributed by atoms with Crippen molar-refractivity contribution in [3.63, 3.8) is 0 Å². The Hall–Kier alpha value is 1.96. The molecule has 32 valence electrons. The molecule has 0 aliphatic heterocycles. The Labute approximate surface area is 72.9 Å². The van der Waals surface area contributed by atoms with Gasteiger partial charge >= 0.3 is 51.6 Å². The van der Waals surface area contributed by atoms with Crippen molar-refractivity contribution >= 4 is 45.5 Å². The molecule has 0 bridgehead atoms. The van der Waals surface area contributed by atoms with Gasteiger partial charge < -0.3 is 0 Å². The molecule has 0 rings (SSSR count). The first kappa shape index (κ1) is 15.8. The predicted octanol–water partition coefficient (Wildman–Crippen LogP) is -1.00. The molecule has 0 unspecified atom stereocenters. The minimum absolute atomic E-state index is 0. The normalized spacial score (nSPS) is 1.60. The topological polar surface area (TPSA) is 34.1 Å². The number of rotatable bonds is 0. The van der Waals surface area contributed by atoms with Crippen LogP contribution < -0.4 is 0 Å². The van der Waals surface area contributed by atoms with E-state index in [0.29, 0.717) is 45.5 Å². The van der Waals surface area contributed by atoms with Crippen LogP contribution in [0.15, 0.2) is 0 Å².